The predicted molar refractivity (Wildman–Crippen MR) is 178 cm³/mol. The highest BCUT2D eigenvalue weighted by molar-refractivity contribution is 6.31. The largest absolute Gasteiger partial charge is 0.478 e. The Bertz CT molecular complexity index is 2270. The average molecular weight is 700 g/mol. The van der Waals surface area contributed by atoms with Crippen LogP contribution in [0.1, 0.15) is 44.2 Å². The smallest absolute Gasteiger partial charge is 0.335 e. The van der Waals surface area contributed by atoms with Gasteiger partial charge in [0, 0.05) is 49.7 Å². The van der Waals surface area contributed by atoms with Gasteiger partial charge in [0.1, 0.15) is 29.8 Å². The highest BCUT2D eigenvalue weighted by atomic mass is 35.5. The number of hydrogen-bond acceptors (Lipinski definition) is 8. The Morgan fingerprint density at radius 2 is 1.92 bits per heavy atom. The number of carbonyl (C=O) groups excluding carboxylic acids is 1. The summed E-state index contributed by atoms with van der Waals surface area (Å²) in [6, 6.07) is 12.9. The number of nitrogens with one attached hydrogen (secondary N) is 1. The molecule has 5 heterocycles. The second-order valence-electron chi connectivity index (χ2n) is 11.7. The zero-order valence-corrected chi connectivity index (χ0v) is 27.2. The molecule has 0 spiro atoms. The number of ether oxygens (including phenoxy) is 2. The van der Waals surface area contributed by atoms with Crippen LogP contribution >= 0.6 is 11.6 Å². The summed E-state index contributed by atoms with van der Waals surface area (Å²) < 4.78 is 45.9. The molecule has 0 radical (unpaired) electrons. The number of hydrogen-bond donors (Lipinski definition) is 2. The van der Waals surface area contributed by atoms with E-state index in [2.05, 4.69) is 25.4 Å². The SMILES string of the molecule is Cn1cc(NC(=O)c2cc(Cl)c(COc3cccc(-c4cc(F)c(Cc5nc6ccc(C(=O)O)cc6n5C[C@@H]5CCO5)cc4F)n3)cn2)cn1. The molecule has 15 heteroatoms. The Morgan fingerprint density at radius 1 is 1.08 bits per heavy atom. The van der Waals surface area contributed by atoms with E-state index in [4.69, 9.17) is 21.1 Å². The van der Waals surface area contributed by atoms with E-state index >= 15 is 8.78 Å². The van der Waals surface area contributed by atoms with Gasteiger partial charge < -0.3 is 24.5 Å². The highest BCUT2D eigenvalue weighted by Crippen LogP contribution is 2.29. The number of fused-ring (bicyclic) bond motifs is 1. The van der Waals surface area contributed by atoms with Gasteiger partial charge in [-0.05, 0) is 54.4 Å². The van der Waals surface area contributed by atoms with Crippen molar-refractivity contribution in [3.05, 3.63) is 118 Å². The number of halogens is 3. The quantitative estimate of drug-likeness (QED) is 0.165. The van der Waals surface area contributed by atoms with Crippen molar-refractivity contribution >= 4 is 40.2 Å². The predicted octanol–water partition coefficient (Wildman–Crippen LogP) is 6.07. The van der Waals surface area contributed by atoms with E-state index in [1.165, 1.54) is 36.7 Å². The van der Waals surface area contributed by atoms with Crippen LogP contribution in [0.2, 0.25) is 5.02 Å². The van der Waals surface area contributed by atoms with Gasteiger partial charge in [-0.3, -0.25) is 14.5 Å². The van der Waals surface area contributed by atoms with E-state index in [0.717, 1.165) is 18.6 Å². The number of imidazole rings is 1. The molecule has 7 rings (SSSR count). The first kappa shape index (κ1) is 32.8. The summed E-state index contributed by atoms with van der Waals surface area (Å²) in [5.74, 6) is -2.31. The van der Waals surface area contributed by atoms with E-state index in [-0.39, 0.29) is 58.1 Å². The van der Waals surface area contributed by atoms with Gasteiger partial charge >= 0.3 is 5.97 Å². The number of aryl methyl sites for hydroxylation is 1. The van der Waals surface area contributed by atoms with Gasteiger partial charge in [0.15, 0.2) is 0 Å². The molecule has 50 heavy (non-hydrogen) atoms. The Labute approximate surface area is 288 Å². The molecular formula is C35H28ClF2N7O5. The van der Waals surface area contributed by atoms with Crippen LogP contribution in [-0.4, -0.2) is 59.0 Å². The van der Waals surface area contributed by atoms with Crippen LogP contribution in [0.25, 0.3) is 22.3 Å². The summed E-state index contributed by atoms with van der Waals surface area (Å²) >= 11 is 6.41. The number of rotatable bonds is 11. The molecule has 1 aliphatic rings. The van der Waals surface area contributed by atoms with Crippen LogP contribution in [-0.2, 0) is 31.4 Å². The maximum absolute atomic E-state index is 15.6. The van der Waals surface area contributed by atoms with Gasteiger partial charge in [-0.1, -0.05) is 17.7 Å². The van der Waals surface area contributed by atoms with E-state index < -0.39 is 23.5 Å². The summed E-state index contributed by atoms with van der Waals surface area (Å²) in [4.78, 5) is 37.3. The lowest BCUT2D eigenvalue weighted by atomic mass is 10.0. The molecule has 1 atom stereocenters. The first-order valence-electron chi connectivity index (χ1n) is 15.5. The lowest BCUT2D eigenvalue weighted by Crippen LogP contribution is -2.31. The zero-order valence-electron chi connectivity index (χ0n) is 26.4. The fourth-order valence-corrected chi connectivity index (χ4v) is 5.74. The van der Waals surface area contributed by atoms with Crippen LogP contribution in [0.4, 0.5) is 14.5 Å². The monoisotopic (exact) mass is 699 g/mol. The number of aromatic carboxylic acids is 1. The molecule has 12 nitrogen and oxygen atoms in total. The summed E-state index contributed by atoms with van der Waals surface area (Å²) in [7, 11) is 1.73. The van der Waals surface area contributed by atoms with Crippen molar-refractivity contribution in [1.29, 1.82) is 0 Å². The normalized spacial score (nSPS) is 14.0. The molecule has 1 aliphatic heterocycles. The molecule has 6 aromatic rings. The number of nitrogens with zero attached hydrogens (tertiary/aromatic N) is 6. The van der Waals surface area contributed by atoms with Crippen molar-refractivity contribution in [3.63, 3.8) is 0 Å². The minimum atomic E-state index is -1.08. The number of carbonyl (C=O) groups is 2. The van der Waals surface area contributed by atoms with E-state index in [0.29, 0.717) is 41.3 Å². The number of benzene rings is 2. The van der Waals surface area contributed by atoms with Crippen LogP contribution in [0.15, 0.2) is 73.2 Å². The molecular weight excluding hydrogens is 672 g/mol. The maximum atomic E-state index is 15.6. The van der Waals surface area contributed by atoms with Gasteiger partial charge in [0.2, 0.25) is 5.88 Å². The van der Waals surface area contributed by atoms with Gasteiger partial charge in [-0.25, -0.2) is 23.5 Å². The minimum Gasteiger partial charge on any atom is -0.478 e. The molecule has 254 valence electrons. The number of aromatic nitrogens is 6. The number of carboxylic acids is 1. The standard InChI is InChI=1S/C35H28ClF2N7O5/c1-44-16-22(15-40-44)41-34(46)30-13-25(36)21(14-39-30)18-50-33-4-2-3-28(43-33)24-12-26(37)20(9-27(24)38)11-32-42-29-6-5-19(35(47)48)10-31(29)45(32)17-23-7-8-49-23/h2-6,9-10,12-16,23H,7-8,11,17-18H2,1H3,(H,41,46)(H,47,48)/t23-/m0/s1. The van der Waals surface area contributed by atoms with Crippen molar-refractivity contribution in [3.8, 4) is 17.1 Å². The van der Waals surface area contributed by atoms with Crippen LogP contribution < -0.4 is 10.1 Å². The van der Waals surface area contributed by atoms with E-state index in [1.54, 1.807) is 36.1 Å². The third kappa shape index (κ3) is 6.88. The average Bonchev–Trinajstić information content (AvgIpc) is 3.64. The van der Waals surface area contributed by atoms with Crippen molar-refractivity contribution in [2.45, 2.75) is 32.1 Å². The summed E-state index contributed by atoms with van der Waals surface area (Å²) in [6.07, 6.45) is 5.26. The number of carboxylic acid groups (broad SMARTS) is 1. The van der Waals surface area contributed by atoms with Gasteiger partial charge in [-0.2, -0.15) is 5.10 Å². The molecule has 1 fully saturated rings. The molecule has 2 aromatic carbocycles. The summed E-state index contributed by atoms with van der Waals surface area (Å²) in [5.41, 5.74) is 2.45. The van der Waals surface area contributed by atoms with Crippen molar-refractivity contribution < 1.29 is 33.0 Å². The summed E-state index contributed by atoms with van der Waals surface area (Å²) in [5, 5.41) is 16.4. The second kappa shape index (κ2) is 13.6. The van der Waals surface area contributed by atoms with Crippen molar-refractivity contribution in [1.82, 2.24) is 29.3 Å². The molecule has 0 aliphatic carbocycles. The topological polar surface area (TPSA) is 146 Å². The first-order chi connectivity index (χ1) is 24.1. The minimum absolute atomic E-state index is 0.0396. The highest BCUT2D eigenvalue weighted by Gasteiger charge is 2.24. The van der Waals surface area contributed by atoms with Crippen LogP contribution in [0.3, 0.4) is 0 Å². The van der Waals surface area contributed by atoms with E-state index in [9.17, 15) is 14.7 Å². The third-order valence-corrected chi connectivity index (χ3v) is 8.59. The molecule has 2 N–H and O–H groups in total. The van der Waals surface area contributed by atoms with Gasteiger partial charge in [0.25, 0.3) is 5.91 Å². The molecule has 4 aromatic heterocycles. The van der Waals surface area contributed by atoms with Crippen LogP contribution in [0, 0.1) is 11.6 Å². The molecule has 0 bridgehead atoms. The van der Waals surface area contributed by atoms with Gasteiger partial charge in [0.05, 0.1) is 51.8 Å². The Kier molecular flexibility index (Phi) is 8.95. The molecule has 1 amide bonds. The number of anilines is 1. The number of amides is 1. The first-order valence-corrected chi connectivity index (χ1v) is 15.9. The maximum Gasteiger partial charge on any atom is 0.335 e. The van der Waals surface area contributed by atoms with Crippen molar-refractivity contribution in [2.24, 2.45) is 7.05 Å². The second-order valence-corrected chi connectivity index (χ2v) is 12.1. The van der Waals surface area contributed by atoms with Crippen LogP contribution in [0.5, 0.6) is 5.88 Å². The van der Waals surface area contributed by atoms with E-state index in [1.807, 2.05) is 4.57 Å². The number of pyridine rings is 2. The van der Waals surface area contributed by atoms with Crippen molar-refractivity contribution in [2.75, 3.05) is 11.9 Å². The van der Waals surface area contributed by atoms with Gasteiger partial charge in [-0.15, -0.1) is 0 Å². The lowest BCUT2D eigenvalue weighted by molar-refractivity contribution is -0.0589. The lowest BCUT2D eigenvalue weighted by Gasteiger charge is -2.27. The Hall–Kier alpha value is -5.73. The molecule has 1 saturated heterocycles. The molecule has 0 saturated carbocycles. The Balaban J connectivity index is 1.07. The third-order valence-electron chi connectivity index (χ3n) is 8.24. The Morgan fingerprint density at radius 3 is 2.64 bits per heavy atom. The zero-order chi connectivity index (χ0) is 34.9. The molecule has 0 unspecified atom stereocenters. The summed E-state index contributed by atoms with van der Waals surface area (Å²) in [6.45, 7) is 0.977. The fourth-order valence-electron chi connectivity index (χ4n) is 5.53. The fraction of sp³-hybridized carbons (Fsp3) is 0.200.